The second-order valence-corrected chi connectivity index (χ2v) is 5.65. The molecule has 0 radical (unpaired) electrons. The number of rotatable bonds is 9. The summed E-state index contributed by atoms with van der Waals surface area (Å²) in [6.45, 7) is 13.2. The van der Waals surface area contributed by atoms with Crippen molar-refractivity contribution in [2.45, 2.75) is 33.8 Å². The second-order valence-electron chi connectivity index (χ2n) is 5.65. The van der Waals surface area contributed by atoms with Crippen LogP contribution in [0.2, 0.25) is 0 Å². The molecule has 24 heavy (non-hydrogen) atoms. The Labute approximate surface area is 164 Å². The predicted octanol–water partition coefficient (Wildman–Crippen LogP) is 2.89. The molecule has 0 saturated heterocycles. The summed E-state index contributed by atoms with van der Waals surface area (Å²) in [7, 11) is 1.79. The summed E-state index contributed by atoms with van der Waals surface area (Å²) >= 11 is 0. The molecule has 0 bridgehead atoms. The molecule has 0 amide bonds. The minimum absolute atomic E-state index is 0. The number of guanidine groups is 1. The first-order valence-electron chi connectivity index (χ1n) is 8.49. The van der Waals surface area contributed by atoms with Crippen molar-refractivity contribution in [2.75, 3.05) is 39.8 Å². The summed E-state index contributed by atoms with van der Waals surface area (Å²) in [5.74, 6) is 1.72. The van der Waals surface area contributed by atoms with Crippen molar-refractivity contribution in [2.24, 2.45) is 4.99 Å². The van der Waals surface area contributed by atoms with E-state index in [0.717, 1.165) is 37.9 Å². The van der Waals surface area contributed by atoms with Gasteiger partial charge in [-0.2, -0.15) is 0 Å². The van der Waals surface area contributed by atoms with Crippen molar-refractivity contribution in [3.63, 3.8) is 0 Å². The first kappa shape index (κ1) is 23.0. The van der Waals surface area contributed by atoms with Crippen LogP contribution in [-0.4, -0.2) is 56.7 Å². The Kier molecular flexibility index (Phi) is 12.7. The lowest BCUT2D eigenvalue weighted by Gasteiger charge is -2.20. The molecule has 1 atom stereocenters. The summed E-state index contributed by atoms with van der Waals surface area (Å²) in [5, 5.41) is 6.65. The molecule has 0 heterocycles. The molecule has 5 nitrogen and oxygen atoms in total. The molecule has 6 heteroatoms. The Morgan fingerprint density at radius 1 is 1.25 bits per heavy atom. The Bertz CT molecular complexity index is 478. The molecule has 2 N–H and O–H groups in total. The largest absolute Gasteiger partial charge is 0.489 e. The van der Waals surface area contributed by atoms with Crippen molar-refractivity contribution < 1.29 is 4.74 Å². The van der Waals surface area contributed by atoms with Crippen molar-refractivity contribution in [1.29, 1.82) is 0 Å². The third kappa shape index (κ3) is 9.32. The molecule has 0 aliphatic carbocycles. The standard InChI is InChI=1S/C18H32N4O.HI/c1-6-22(7-2)12-11-20-18(19-5)21-14-16(4)23-17-10-8-9-15(3)13-17;/h8-10,13,16H,6-7,11-12,14H2,1-5H3,(H2,19,20,21);1H. The molecule has 0 spiro atoms. The Morgan fingerprint density at radius 2 is 1.96 bits per heavy atom. The molecule has 0 aliphatic rings. The van der Waals surface area contributed by atoms with Gasteiger partial charge in [-0.15, -0.1) is 24.0 Å². The zero-order valence-electron chi connectivity index (χ0n) is 15.6. The average molecular weight is 448 g/mol. The van der Waals surface area contributed by atoms with Gasteiger partial charge in [-0.3, -0.25) is 4.99 Å². The fraction of sp³-hybridized carbons (Fsp3) is 0.611. The van der Waals surface area contributed by atoms with E-state index in [-0.39, 0.29) is 30.1 Å². The summed E-state index contributed by atoms with van der Waals surface area (Å²) < 4.78 is 5.91. The van der Waals surface area contributed by atoms with Crippen LogP contribution >= 0.6 is 24.0 Å². The maximum absolute atomic E-state index is 5.91. The fourth-order valence-corrected chi connectivity index (χ4v) is 2.30. The topological polar surface area (TPSA) is 48.9 Å². The number of ether oxygens (including phenoxy) is 1. The van der Waals surface area contributed by atoms with Crippen molar-refractivity contribution in [3.05, 3.63) is 29.8 Å². The number of nitrogens with one attached hydrogen (secondary N) is 2. The average Bonchev–Trinajstić information content (AvgIpc) is 2.54. The number of halogens is 1. The molecule has 1 unspecified atom stereocenters. The summed E-state index contributed by atoms with van der Waals surface area (Å²) in [5.41, 5.74) is 1.21. The van der Waals surface area contributed by atoms with Gasteiger partial charge in [-0.1, -0.05) is 26.0 Å². The van der Waals surface area contributed by atoms with Gasteiger partial charge in [0.15, 0.2) is 5.96 Å². The van der Waals surface area contributed by atoms with Gasteiger partial charge in [-0.25, -0.2) is 0 Å². The molecule has 1 rings (SSSR count). The molecule has 1 aromatic rings. The van der Waals surface area contributed by atoms with Gasteiger partial charge in [0.05, 0.1) is 6.54 Å². The van der Waals surface area contributed by atoms with Crippen molar-refractivity contribution in [1.82, 2.24) is 15.5 Å². The van der Waals surface area contributed by atoms with E-state index in [1.54, 1.807) is 7.05 Å². The lowest BCUT2D eigenvalue weighted by molar-refractivity contribution is 0.223. The van der Waals surface area contributed by atoms with Crippen molar-refractivity contribution >= 4 is 29.9 Å². The van der Waals surface area contributed by atoms with Crippen LogP contribution in [0, 0.1) is 6.92 Å². The highest BCUT2D eigenvalue weighted by molar-refractivity contribution is 14.0. The smallest absolute Gasteiger partial charge is 0.191 e. The number of hydrogen-bond donors (Lipinski definition) is 2. The van der Waals surface area contributed by atoms with Gasteiger partial charge in [0, 0.05) is 20.1 Å². The maximum atomic E-state index is 5.91. The van der Waals surface area contributed by atoms with Crippen LogP contribution < -0.4 is 15.4 Å². The number of aryl methyl sites for hydroxylation is 1. The Morgan fingerprint density at radius 3 is 2.54 bits per heavy atom. The summed E-state index contributed by atoms with van der Waals surface area (Å²) in [6, 6.07) is 8.12. The van der Waals surface area contributed by atoms with E-state index in [1.165, 1.54) is 5.56 Å². The number of aliphatic imine (C=N–C) groups is 1. The zero-order chi connectivity index (χ0) is 17.1. The van der Waals surface area contributed by atoms with Crippen LogP contribution in [0.3, 0.4) is 0 Å². The van der Waals surface area contributed by atoms with E-state index < -0.39 is 0 Å². The Balaban J connectivity index is 0.00000529. The van der Waals surface area contributed by atoms with E-state index >= 15 is 0 Å². The summed E-state index contributed by atoms with van der Waals surface area (Å²) in [6.07, 6.45) is 0.0677. The highest BCUT2D eigenvalue weighted by atomic mass is 127. The van der Waals surface area contributed by atoms with E-state index in [4.69, 9.17) is 4.74 Å². The number of nitrogens with zero attached hydrogens (tertiary/aromatic N) is 2. The molecule has 138 valence electrons. The van der Waals surface area contributed by atoms with Gasteiger partial charge in [-0.05, 0) is 44.6 Å². The highest BCUT2D eigenvalue weighted by Crippen LogP contribution is 2.13. The number of likely N-dealkylation sites (N-methyl/N-ethyl adjacent to an activating group) is 1. The lowest BCUT2D eigenvalue weighted by atomic mass is 10.2. The third-order valence-electron chi connectivity index (χ3n) is 3.72. The molecule has 0 fully saturated rings. The van der Waals surface area contributed by atoms with Crippen LogP contribution in [0.15, 0.2) is 29.3 Å². The first-order valence-corrected chi connectivity index (χ1v) is 8.49. The monoisotopic (exact) mass is 448 g/mol. The summed E-state index contributed by atoms with van der Waals surface area (Å²) in [4.78, 5) is 6.63. The fourth-order valence-electron chi connectivity index (χ4n) is 2.30. The molecule has 0 saturated carbocycles. The van der Waals surface area contributed by atoms with Crippen LogP contribution in [0.4, 0.5) is 0 Å². The third-order valence-corrected chi connectivity index (χ3v) is 3.72. The van der Waals surface area contributed by atoms with E-state index in [2.05, 4.69) is 54.3 Å². The van der Waals surface area contributed by atoms with E-state index in [1.807, 2.05) is 18.2 Å². The molecule has 0 aromatic heterocycles. The SMILES string of the molecule is CCN(CC)CCNC(=NC)NCC(C)Oc1cccc(C)c1.I. The molecular formula is C18H33IN4O. The van der Waals surface area contributed by atoms with Crippen LogP contribution in [0.1, 0.15) is 26.3 Å². The van der Waals surface area contributed by atoms with E-state index in [9.17, 15) is 0 Å². The van der Waals surface area contributed by atoms with Gasteiger partial charge >= 0.3 is 0 Å². The van der Waals surface area contributed by atoms with Crippen LogP contribution in [-0.2, 0) is 0 Å². The Hall–Kier alpha value is -1.02. The maximum Gasteiger partial charge on any atom is 0.191 e. The zero-order valence-corrected chi connectivity index (χ0v) is 18.0. The van der Waals surface area contributed by atoms with Gasteiger partial charge in [0.2, 0.25) is 0 Å². The molecular weight excluding hydrogens is 415 g/mol. The minimum Gasteiger partial charge on any atom is -0.489 e. The van der Waals surface area contributed by atoms with Crippen LogP contribution in [0.5, 0.6) is 5.75 Å². The van der Waals surface area contributed by atoms with Crippen LogP contribution in [0.25, 0.3) is 0 Å². The van der Waals surface area contributed by atoms with E-state index in [0.29, 0.717) is 6.54 Å². The highest BCUT2D eigenvalue weighted by Gasteiger charge is 2.06. The second kappa shape index (κ2) is 13.3. The number of hydrogen-bond acceptors (Lipinski definition) is 3. The normalized spacial score (nSPS) is 12.5. The first-order chi connectivity index (χ1) is 11.1. The quantitative estimate of drug-likeness (QED) is 0.347. The van der Waals surface area contributed by atoms with Gasteiger partial charge in [0.1, 0.15) is 11.9 Å². The lowest BCUT2D eigenvalue weighted by Crippen LogP contribution is -2.44. The minimum atomic E-state index is 0. The van der Waals surface area contributed by atoms with Gasteiger partial charge < -0.3 is 20.3 Å². The molecule has 0 aliphatic heterocycles. The molecule has 1 aromatic carbocycles. The van der Waals surface area contributed by atoms with Gasteiger partial charge in [0.25, 0.3) is 0 Å². The number of benzene rings is 1. The predicted molar refractivity (Wildman–Crippen MR) is 114 cm³/mol. The van der Waals surface area contributed by atoms with Crippen molar-refractivity contribution in [3.8, 4) is 5.75 Å².